The van der Waals surface area contributed by atoms with Crippen molar-refractivity contribution < 1.29 is 9.90 Å². The van der Waals surface area contributed by atoms with Crippen molar-refractivity contribution in [1.29, 1.82) is 0 Å². The molecule has 0 saturated carbocycles. The molecule has 1 heterocycles. The number of nitrogens with one attached hydrogen (secondary N) is 1. The number of hydrogen-bond acceptors (Lipinski definition) is 3. The van der Waals surface area contributed by atoms with Gasteiger partial charge >= 0.3 is 5.97 Å². The summed E-state index contributed by atoms with van der Waals surface area (Å²) in [7, 11) is 0. The molecule has 0 atom stereocenters. The first-order chi connectivity index (χ1) is 7.60. The molecule has 0 fully saturated rings. The molecule has 16 heavy (non-hydrogen) atoms. The number of rotatable bonds is 6. The zero-order chi connectivity index (χ0) is 12.1. The van der Waals surface area contributed by atoms with Gasteiger partial charge in [0.1, 0.15) is 0 Å². The molecular formula is C10H16BrN3O2. The van der Waals surface area contributed by atoms with Crippen molar-refractivity contribution in [2.45, 2.75) is 33.4 Å². The van der Waals surface area contributed by atoms with Crippen LogP contribution in [0.3, 0.4) is 0 Å². The Kier molecular flexibility index (Phi) is 4.95. The van der Waals surface area contributed by atoms with Crippen LogP contribution in [-0.2, 0) is 24.3 Å². The average Bonchev–Trinajstić information content (AvgIpc) is 2.55. The Labute approximate surface area is 103 Å². The Balaban J connectivity index is 2.76. The van der Waals surface area contributed by atoms with Gasteiger partial charge in [0, 0.05) is 13.1 Å². The zero-order valence-corrected chi connectivity index (χ0v) is 11.0. The molecule has 0 aliphatic carbocycles. The Hall–Kier alpha value is -0.880. The lowest BCUT2D eigenvalue weighted by Crippen LogP contribution is -2.23. The fourth-order valence-electron chi connectivity index (χ4n) is 1.47. The van der Waals surface area contributed by atoms with Crippen molar-refractivity contribution in [1.82, 2.24) is 15.1 Å². The number of carboxylic acids is 1. The van der Waals surface area contributed by atoms with Crippen LogP contribution >= 0.6 is 15.9 Å². The van der Waals surface area contributed by atoms with Crippen LogP contribution in [0.2, 0.25) is 0 Å². The van der Waals surface area contributed by atoms with E-state index in [1.54, 1.807) is 0 Å². The third-order valence-electron chi connectivity index (χ3n) is 2.26. The maximum atomic E-state index is 10.4. The highest BCUT2D eigenvalue weighted by Gasteiger charge is 2.13. The van der Waals surface area contributed by atoms with Crippen molar-refractivity contribution in [2.75, 3.05) is 6.54 Å². The summed E-state index contributed by atoms with van der Waals surface area (Å²) in [6, 6.07) is 0. The number of nitrogens with zero attached hydrogens (tertiary/aromatic N) is 2. The van der Waals surface area contributed by atoms with Crippen LogP contribution in [0, 0.1) is 0 Å². The van der Waals surface area contributed by atoms with E-state index < -0.39 is 5.97 Å². The predicted octanol–water partition coefficient (Wildman–Crippen LogP) is 1.40. The summed E-state index contributed by atoms with van der Waals surface area (Å²) in [5.74, 6) is -0.852. The number of hydrogen-bond donors (Lipinski definition) is 2. The van der Waals surface area contributed by atoms with Gasteiger partial charge in [-0.3, -0.25) is 9.48 Å². The third-order valence-corrected chi connectivity index (χ3v) is 3.18. The van der Waals surface area contributed by atoms with Crippen molar-refractivity contribution in [3.05, 3.63) is 15.9 Å². The molecule has 0 radical (unpaired) electrons. The van der Waals surface area contributed by atoms with E-state index in [1.165, 1.54) is 0 Å². The molecule has 0 aromatic carbocycles. The molecule has 0 unspecified atom stereocenters. The van der Waals surface area contributed by atoms with E-state index in [0.717, 1.165) is 28.8 Å². The van der Waals surface area contributed by atoms with E-state index in [1.807, 2.05) is 18.5 Å². The topological polar surface area (TPSA) is 67.2 Å². The summed E-state index contributed by atoms with van der Waals surface area (Å²) in [6.45, 7) is 5.31. The minimum absolute atomic E-state index is 0.0389. The molecule has 0 aliphatic rings. The Morgan fingerprint density at radius 1 is 1.56 bits per heavy atom. The van der Waals surface area contributed by atoms with Crippen LogP contribution in [0.1, 0.15) is 25.2 Å². The Morgan fingerprint density at radius 3 is 2.75 bits per heavy atom. The Morgan fingerprint density at radius 2 is 2.25 bits per heavy atom. The second-order valence-electron chi connectivity index (χ2n) is 3.37. The van der Waals surface area contributed by atoms with Gasteiger partial charge in [0.2, 0.25) is 0 Å². The number of carbonyl (C=O) groups is 1. The van der Waals surface area contributed by atoms with E-state index >= 15 is 0 Å². The summed E-state index contributed by atoms with van der Waals surface area (Å²) >= 11 is 3.50. The minimum atomic E-state index is -0.852. The SMILES string of the molecule is CCc1nn(CC)c(CNCC(=O)O)c1Br. The molecule has 2 N–H and O–H groups in total. The highest BCUT2D eigenvalue weighted by atomic mass is 79.9. The lowest BCUT2D eigenvalue weighted by Gasteiger charge is -2.05. The van der Waals surface area contributed by atoms with Crippen LogP contribution < -0.4 is 5.32 Å². The molecule has 0 saturated heterocycles. The fraction of sp³-hybridized carbons (Fsp3) is 0.600. The minimum Gasteiger partial charge on any atom is -0.480 e. The normalized spacial score (nSPS) is 10.7. The number of halogens is 1. The highest BCUT2D eigenvalue weighted by molar-refractivity contribution is 9.10. The monoisotopic (exact) mass is 289 g/mol. The average molecular weight is 290 g/mol. The van der Waals surface area contributed by atoms with E-state index in [4.69, 9.17) is 5.11 Å². The summed E-state index contributed by atoms with van der Waals surface area (Å²) in [5, 5.41) is 15.8. The van der Waals surface area contributed by atoms with Crippen LogP contribution in [0.25, 0.3) is 0 Å². The first-order valence-electron chi connectivity index (χ1n) is 5.26. The predicted molar refractivity (Wildman–Crippen MR) is 64.3 cm³/mol. The van der Waals surface area contributed by atoms with Gasteiger partial charge in [-0.1, -0.05) is 6.92 Å². The standard InChI is InChI=1S/C10H16BrN3O2/c1-3-7-10(11)8(14(4-2)13-7)5-12-6-9(15)16/h12H,3-6H2,1-2H3,(H,15,16). The van der Waals surface area contributed by atoms with Gasteiger partial charge in [0.15, 0.2) is 0 Å². The smallest absolute Gasteiger partial charge is 0.317 e. The molecular weight excluding hydrogens is 274 g/mol. The molecule has 5 nitrogen and oxygen atoms in total. The van der Waals surface area contributed by atoms with Crippen LogP contribution in [0.15, 0.2) is 4.47 Å². The van der Waals surface area contributed by atoms with Crippen molar-refractivity contribution in [2.24, 2.45) is 0 Å². The van der Waals surface area contributed by atoms with Gasteiger partial charge in [-0.15, -0.1) is 0 Å². The number of aryl methyl sites for hydroxylation is 2. The molecule has 0 amide bonds. The first-order valence-corrected chi connectivity index (χ1v) is 6.06. The van der Waals surface area contributed by atoms with Crippen LogP contribution in [-0.4, -0.2) is 27.4 Å². The van der Waals surface area contributed by atoms with Gasteiger partial charge in [0.25, 0.3) is 0 Å². The van der Waals surface area contributed by atoms with Crippen molar-refractivity contribution in [3.8, 4) is 0 Å². The number of aliphatic carboxylic acids is 1. The lowest BCUT2D eigenvalue weighted by atomic mass is 10.3. The molecule has 6 heteroatoms. The largest absolute Gasteiger partial charge is 0.480 e. The zero-order valence-electron chi connectivity index (χ0n) is 9.46. The summed E-state index contributed by atoms with van der Waals surface area (Å²) in [6.07, 6.45) is 0.861. The maximum Gasteiger partial charge on any atom is 0.317 e. The summed E-state index contributed by atoms with van der Waals surface area (Å²) in [4.78, 5) is 10.4. The second kappa shape index (κ2) is 6.00. The highest BCUT2D eigenvalue weighted by Crippen LogP contribution is 2.21. The molecule has 0 bridgehead atoms. The van der Waals surface area contributed by atoms with Crippen molar-refractivity contribution in [3.63, 3.8) is 0 Å². The molecule has 0 spiro atoms. The lowest BCUT2D eigenvalue weighted by molar-refractivity contribution is -0.136. The molecule has 1 aromatic rings. The van der Waals surface area contributed by atoms with E-state index in [9.17, 15) is 4.79 Å². The molecule has 1 rings (SSSR count). The van der Waals surface area contributed by atoms with E-state index in [2.05, 4.69) is 26.3 Å². The van der Waals surface area contributed by atoms with Gasteiger partial charge in [-0.2, -0.15) is 5.10 Å². The number of aromatic nitrogens is 2. The summed E-state index contributed by atoms with van der Waals surface area (Å²) in [5.41, 5.74) is 2.01. The van der Waals surface area contributed by atoms with Gasteiger partial charge < -0.3 is 10.4 Å². The maximum absolute atomic E-state index is 10.4. The second-order valence-corrected chi connectivity index (χ2v) is 4.17. The molecule has 0 aliphatic heterocycles. The van der Waals surface area contributed by atoms with Crippen LogP contribution in [0.5, 0.6) is 0 Å². The van der Waals surface area contributed by atoms with Gasteiger partial charge in [0.05, 0.1) is 22.4 Å². The van der Waals surface area contributed by atoms with Crippen molar-refractivity contribution >= 4 is 21.9 Å². The third kappa shape index (κ3) is 3.05. The summed E-state index contributed by atoms with van der Waals surface area (Å²) < 4.78 is 2.87. The quantitative estimate of drug-likeness (QED) is 0.831. The first kappa shape index (κ1) is 13.2. The van der Waals surface area contributed by atoms with E-state index in [-0.39, 0.29) is 6.54 Å². The van der Waals surface area contributed by atoms with Crippen LogP contribution in [0.4, 0.5) is 0 Å². The van der Waals surface area contributed by atoms with Gasteiger partial charge in [-0.25, -0.2) is 0 Å². The number of carboxylic acid groups (broad SMARTS) is 1. The molecule has 90 valence electrons. The van der Waals surface area contributed by atoms with E-state index in [0.29, 0.717) is 6.54 Å². The Bertz CT molecular complexity index is 376. The van der Waals surface area contributed by atoms with Gasteiger partial charge in [-0.05, 0) is 29.3 Å². The molecule has 1 aromatic heterocycles. The fourth-order valence-corrected chi connectivity index (χ4v) is 2.18.